The van der Waals surface area contributed by atoms with Gasteiger partial charge in [-0.25, -0.2) is 0 Å². The predicted octanol–water partition coefficient (Wildman–Crippen LogP) is 2.47. The summed E-state index contributed by atoms with van der Waals surface area (Å²) < 4.78 is 7.46. The molecule has 1 aromatic heterocycles. The lowest BCUT2D eigenvalue weighted by Gasteiger charge is -2.28. The summed E-state index contributed by atoms with van der Waals surface area (Å²) >= 11 is 0. The van der Waals surface area contributed by atoms with E-state index in [4.69, 9.17) is 4.74 Å². The molecule has 0 radical (unpaired) electrons. The number of aryl methyl sites for hydroxylation is 1. The maximum Gasteiger partial charge on any atom is 0.253 e. The van der Waals surface area contributed by atoms with Gasteiger partial charge in [0.2, 0.25) is 0 Å². The maximum absolute atomic E-state index is 12.2. The molecule has 2 fully saturated rings. The number of methoxy groups -OCH3 is 1. The van der Waals surface area contributed by atoms with Gasteiger partial charge in [0.05, 0.1) is 7.11 Å². The second-order valence-electron chi connectivity index (χ2n) is 8.09. The SMILES string of the molecule is COc1cc(-c2cc(C)c(=O)n(C)c2C)ccc1CN1C[C@H]2NCC1[C@@H]2C. The monoisotopic (exact) mass is 367 g/mol. The second-order valence-corrected chi connectivity index (χ2v) is 8.09. The molecule has 3 heterocycles. The van der Waals surface area contributed by atoms with Crippen LogP contribution in [0.2, 0.25) is 0 Å². The first-order chi connectivity index (χ1) is 12.9. The Morgan fingerprint density at radius 3 is 2.67 bits per heavy atom. The van der Waals surface area contributed by atoms with E-state index in [1.165, 1.54) is 5.56 Å². The number of benzene rings is 1. The zero-order valence-corrected chi connectivity index (χ0v) is 16.9. The number of nitrogens with zero attached hydrogens (tertiary/aromatic N) is 2. The van der Waals surface area contributed by atoms with Crippen molar-refractivity contribution in [3.8, 4) is 16.9 Å². The number of ether oxygens (including phenoxy) is 1. The van der Waals surface area contributed by atoms with E-state index in [1.807, 2.05) is 27.0 Å². The van der Waals surface area contributed by atoms with Gasteiger partial charge in [-0.05, 0) is 37.5 Å². The molecule has 27 heavy (non-hydrogen) atoms. The first-order valence-corrected chi connectivity index (χ1v) is 9.72. The van der Waals surface area contributed by atoms with Crippen molar-refractivity contribution in [3.63, 3.8) is 0 Å². The zero-order chi connectivity index (χ0) is 19.3. The zero-order valence-electron chi connectivity index (χ0n) is 16.9. The minimum atomic E-state index is 0.0617. The summed E-state index contributed by atoms with van der Waals surface area (Å²) in [5.41, 5.74) is 5.18. The number of hydrogen-bond donors (Lipinski definition) is 1. The van der Waals surface area contributed by atoms with Gasteiger partial charge in [-0.2, -0.15) is 0 Å². The van der Waals surface area contributed by atoms with Gasteiger partial charge in [0.15, 0.2) is 0 Å². The predicted molar refractivity (Wildman–Crippen MR) is 108 cm³/mol. The van der Waals surface area contributed by atoms with Crippen LogP contribution >= 0.6 is 0 Å². The summed E-state index contributed by atoms with van der Waals surface area (Å²) in [5, 5.41) is 3.60. The number of rotatable bonds is 4. The third kappa shape index (κ3) is 2.99. The van der Waals surface area contributed by atoms with Gasteiger partial charge in [0, 0.05) is 61.1 Å². The van der Waals surface area contributed by atoms with Crippen molar-refractivity contribution in [2.24, 2.45) is 13.0 Å². The molecule has 0 amide bonds. The molecule has 2 aliphatic rings. The molecule has 2 aromatic rings. The van der Waals surface area contributed by atoms with E-state index in [0.29, 0.717) is 18.0 Å². The summed E-state index contributed by atoms with van der Waals surface area (Å²) in [6.45, 7) is 9.32. The Morgan fingerprint density at radius 2 is 2.04 bits per heavy atom. The number of pyridine rings is 1. The van der Waals surface area contributed by atoms with Crippen molar-refractivity contribution in [3.05, 3.63) is 51.4 Å². The average Bonchev–Trinajstić information content (AvgIpc) is 3.17. The van der Waals surface area contributed by atoms with Crippen LogP contribution in [0.5, 0.6) is 5.75 Å². The molecular weight excluding hydrogens is 338 g/mol. The fraction of sp³-hybridized carbons (Fsp3) is 0.500. The lowest BCUT2D eigenvalue weighted by atomic mass is 9.99. The highest BCUT2D eigenvalue weighted by atomic mass is 16.5. The van der Waals surface area contributed by atoms with Gasteiger partial charge in [-0.3, -0.25) is 9.69 Å². The summed E-state index contributed by atoms with van der Waals surface area (Å²) in [6, 6.07) is 9.67. The van der Waals surface area contributed by atoms with Gasteiger partial charge in [-0.15, -0.1) is 0 Å². The van der Waals surface area contributed by atoms with Crippen molar-refractivity contribution in [1.82, 2.24) is 14.8 Å². The fourth-order valence-corrected chi connectivity index (χ4v) is 4.71. The molecule has 144 valence electrons. The molecule has 2 aliphatic heterocycles. The number of hydrogen-bond acceptors (Lipinski definition) is 4. The summed E-state index contributed by atoms with van der Waals surface area (Å²) in [4.78, 5) is 14.7. The van der Waals surface area contributed by atoms with Gasteiger partial charge in [-0.1, -0.05) is 19.1 Å². The van der Waals surface area contributed by atoms with Gasteiger partial charge >= 0.3 is 0 Å². The largest absolute Gasteiger partial charge is 0.496 e. The molecule has 4 rings (SSSR count). The number of likely N-dealkylation sites (tertiary alicyclic amines) is 1. The molecule has 1 unspecified atom stereocenters. The van der Waals surface area contributed by atoms with E-state index in [2.05, 4.69) is 35.3 Å². The first kappa shape index (κ1) is 18.3. The van der Waals surface area contributed by atoms with Crippen molar-refractivity contribution in [1.29, 1.82) is 0 Å². The lowest BCUT2D eigenvalue weighted by molar-refractivity contribution is 0.207. The molecule has 1 aromatic carbocycles. The average molecular weight is 367 g/mol. The van der Waals surface area contributed by atoms with Gasteiger partial charge < -0.3 is 14.6 Å². The van der Waals surface area contributed by atoms with Crippen LogP contribution in [-0.4, -0.2) is 41.8 Å². The van der Waals surface area contributed by atoms with Crippen LogP contribution in [-0.2, 0) is 13.6 Å². The van der Waals surface area contributed by atoms with Crippen LogP contribution < -0.4 is 15.6 Å². The third-order valence-electron chi connectivity index (χ3n) is 6.60. The topological polar surface area (TPSA) is 46.5 Å². The number of fused-ring (bicyclic) bond motifs is 2. The van der Waals surface area contributed by atoms with Crippen molar-refractivity contribution in [2.75, 3.05) is 20.2 Å². The Bertz CT molecular complexity index is 934. The molecular formula is C22H29N3O2. The summed E-state index contributed by atoms with van der Waals surface area (Å²) in [6.07, 6.45) is 0. The van der Waals surface area contributed by atoms with E-state index >= 15 is 0 Å². The quantitative estimate of drug-likeness (QED) is 0.902. The molecule has 5 nitrogen and oxygen atoms in total. The minimum absolute atomic E-state index is 0.0617. The molecule has 5 heteroatoms. The first-order valence-electron chi connectivity index (χ1n) is 9.72. The molecule has 0 spiro atoms. The Morgan fingerprint density at radius 1 is 1.26 bits per heavy atom. The molecule has 3 atom stereocenters. The highest BCUT2D eigenvalue weighted by molar-refractivity contribution is 5.69. The van der Waals surface area contributed by atoms with Crippen molar-refractivity contribution >= 4 is 0 Å². The minimum Gasteiger partial charge on any atom is -0.496 e. The van der Waals surface area contributed by atoms with Gasteiger partial charge in [0.1, 0.15) is 5.75 Å². The van der Waals surface area contributed by atoms with E-state index in [1.54, 1.807) is 11.7 Å². The van der Waals surface area contributed by atoms with E-state index < -0.39 is 0 Å². The van der Waals surface area contributed by atoms with Crippen molar-refractivity contribution in [2.45, 2.75) is 39.4 Å². The van der Waals surface area contributed by atoms with Crippen LogP contribution in [0.1, 0.15) is 23.7 Å². The lowest BCUT2D eigenvalue weighted by Crippen LogP contribution is -2.43. The molecule has 2 saturated heterocycles. The van der Waals surface area contributed by atoms with Crippen LogP contribution in [0.3, 0.4) is 0 Å². The number of aromatic nitrogens is 1. The molecule has 0 saturated carbocycles. The third-order valence-corrected chi connectivity index (χ3v) is 6.60. The van der Waals surface area contributed by atoms with Crippen LogP contribution in [0.15, 0.2) is 29.1 Å². The Hall–Kier alpha value is -2.11. The Kier molecular flexibility index (Phi) is 4.60. The maximum atomic E-state index is 12.2. The van der Waals surface area contributed by atoms with Crippen molar-refractivity contribution < 1.29 is 4.74 Å². The smallest absolute Gasteiger partial charge is 0.253 e. The molecule has 2 bridgehead atoms. The molecule has 1 N–H and O–H groups in total. The van der Waals surface area contributed by atoms with Crippen LogP contribution in [0, 0.1) is 19.8 Å². The number of piperazine rings is 1. The Labute approximate surface area is 161 Å². The number of nitrogens with one attached hydrogen (secondary N) is 1. The van der Waals surface area contributed by atoms with E-state index in [9.17, 15) is 4.79 Å². The van der Waals surface area contributed by atoms with Crippen LogP contribution in [0.4, 0.5) is 0 Å². The second kappa shape index (κ2) is 6.80. The molecule has 0 aliphatic carbocycles. The summed E-state index contributed by atoms with van der Waals surface area (Å²) in [5.74, 6) is 1.63. The standard InChI is InChI=1S/C22H29N3O2/c1-13-8-18(15(3)24(4)22(13)26)16-6-7-17(21(9-16)27-5)11-25-12-19-14(2)20(25)10-23-19/h6-9,14,19-20,23H,10-12H2,1-5H3/t14-,19-,20?/m1/s1. The van der Waals surface area contributed by atoms with Crippen LogP contribution in [0.25, 0.3) is 11.1 Å². The van der Waals surface area contributed by atoms with E-state index in [-0.39, 0.29) is 5.56 Å². The fourth-order valence-electron chi connectivity index (χ4n) is 4.71. The Balaban J connectivity index is 1.66. The highest BCUT2D eigenvalue weighted by Gasteiger charge is 2.43. The normalized spacial score (nSPS) is 24.6. The van der Waals surface area contributed by atoms with E-state index in [0.717, 1.165) is 47.8 Å². The highest BCUT2D eigenvalue weighted by Crippen LogP contribution is 2.34. The van der Waals surface area contributed by atoms with Gasteiger partial charge in [0.25, 0.3) is 5.56 Å². The summed E-state index contributed by atoms with van der Waals surface area (Å²) in [7, 11) is 3.57.